The first-order valence-corrected chi connectivity index (χ1v) is 11.2. The second kappa shape index (κ2) is 7.66. The van der Waals surface area contributed by atoms with Crippen LogP contribution in [0.15, 0.2) is 72.8 Å². The van der Waals surface area contributed by atoms with Crippen LogP contribution in [0.1, 0.15) is 37.9 Å². The van der Waals surface area contributed by atoms with Crippen LogP contribution in [0, 0.1) is 17.7 Å². The van der Waals surface area contributed by atoms with Crippen LogP contribution in [-0.2, 0) is 20.5 Å². The minimum Gasteiger partial charge on any atom is -0.349 e. The number of ketones is 2. The number of imide groups is 1. The van der Waals surface area contributed by atoms with E-state index in [1.165, 1.54) is 48.5 Å². The number of benzene rings is 3. The molecule has 2 aliphatic heterocycles. The van der Waals surface area contributed by atoms with Crippen molar-refractivity contribution in [3.8, 4) is 0 Å². The quantitative estimate of drug-likeness (QED) is 0.288. The van der Waals surface area contributed by atoms with Crippen LogP contribution in [0.2, 0.25) is 0 Å². The van der Waals surface area contributed by atoms with E-state index in [-0.39, 0.29) is 16.7 Å². The molecule has 3 aromatic rings. The highest BCUT2D eigenvalue weighted by Crippen LogP contribution is 2.58. The van der Waals surface area contributed by atoms with Gasteiger partial charge in [0, 0.05) is 16.7 Å². The first-order chi connectivity index (χ1) is 17.6. The summed E-state index contributed by atoms with van der Waals surface area (Å²) in [6.45, 7) is 0. The lowest BCUT2D eigenvalue weighted by Gasteiger charge is -2.28. The molecule has 1 spiro atoms. The summed E-state index contributed by atoms with van der Waals surface area (Å²) in [6, 6.07) is 14.9. The third-order valence-electron chi connectivity index (χ3n) is 7.18. The average Bonchev–Trinajstić information content (AvgIpc) is 3.44. The van der Waals surface area contributed by atoms with Crippen molar-refractivity contribution in [1.29, 1.82) is 0 Å². The molecule has 0 radical (unpaired) electrons. The number of para-hydroxylation sites is 1. The van der Waals surface area contributed by atoms with Gasteiger partial charge >= 0.3 is 6.18 Å². The summed E-state index contributed by atoms with van der Waals surface area (Å²) in [5.41, 5.74) is -4.79. The highest BCUT2D eigenvalue weighted by atomic mass is 19.4. The topological polar surface area (TPSA) is 80.8 Å². The van der Waals surface area contributed by atoms with Gasteiger partial charge in [-0.3, -0.25) is 19.2 Å². The number of alkyl halides is 3. The normalized spacial score (nSPS) is 24.2. The maximum absolute atomic E-state index is 14.9. The van der Waals surface area contributed by atoms with E-state index < -0.39 is 70.2 Å². The Morgan fingerprint density at radius 1 is 0.757 bits per heavy atom. The number of amides is 2. The van der Waals surface area contributed by atoms with Crippen molar-refractivity contribution in [3.05, 3.63) is 101 Å². The van der Waals surface area contributed by atoms with Crippen LogP contribution >= 0.6 is 0 Å². The van der Waals surface area contributed by atoms with Gasteiger partial charge in [0.05, 0.1) is 29.2 Å². The maximum atomic E-state index is 14.9. The Morgan fingerprint density at radius 2 is 1.32 bits per heavy atom. The summed E-state index contributed by atoms with van der Waals surface area (Å²) in [6.07, 6.45) is -6.49. The van der Waals surface area contributed by atoms with Gasteiger partial charge in [0.15, 0.2) is 0 Å². The number of halogens is 4. The molecule has 3 aromatic carbocycles. The van der Waals surface area contributed by atoms with E-state index in [2.05, 4.69) is 0 Å². The van der Waals surface area contributed by atoms with Gasteiger partial charge in [-0.15, -0.1) is 0 Å². The first kappa shape index (κ1) is 23.2. The van der Waals surface area contributed by atoms with Crippen molar-refractivity contribution < 1.29 is 41.5 Å². The smallest absolute Gasteiger partial charge is 0.349 e. The molecule has 186 valence electrons. The average molecular weight is 509 g/mol. The molecule has 3 aliphatic rings. The van der Waals surface area contributed by atoms with E-state index in [1.807, 2.05) is 0 Å². The number of Topliss-reactive ketones (excluding diaryl/α,β-unsaturated/α-hetero) is 2. The van der Waals surface area contributed by atoms with Gasteiger partial charge in [-0.2, -0.15) is 13.2 Å². The highest BCUT2D eigenvalue weighted by Gasteiger charge is 2.75. The van der Waals surface area contributed by atoms with Gasteiger partial charge in [-0.05, 0) is 18.2 Å². The van der Waals surface area contributed by atoms with Crippen LogP contribution in [-0.4, -0.2) is 29.0 Å². The number of rotatable bonds is 2. The van der Waals surface area contributed by atoms with E-state index in [1.54, 1.807) is 0 Å². The van der Waals surface area contributed by atoms with Gasteiger partial charge in [0.25, 0.3) is 0 Å². The van der Waals surface area contributed by atoms with Crippen LogP contribution in [0.25, 0.3) is 0 Å². The maximum Gasteiger partial charge on any atom is 0.418 e. The minimum absolute atomic E-state index is 0.0465. The zero-order chi connectivity index (χ0) is 26.3. The Kier molecular flexibility index (Phi) is 4.81. The molecule has 2 amide bonds. The molecule has 3 unspecified atom stereocenters. The third kappa shape index (κ3) is 2.96. The Balaban J connectivity index is 1.58. The minimum atomic E-state index is -4.91. The van der Waals surface area contributed by atoms with Gasteiger partial charge in [0.2, 0.25) is 29.0 Å². The van der Waals surface area contributed by atoms with E-state index >= 15 is 0 Å². The SMILES string of the molecule is O=C1C2C(c3ccccc3F)OC3(C(=O)c4ccccc4C3=O)C2C(=O)N1c1ccccc1C(F)(F)F. The molecule has 0 aromatic heterocycles. The summed E-state index contributed by atoms with van der Waals surface area (Å²) in [7, 11) is 0. The van der Waals surface area contributed by atoms with Crippen LogP contribution in [0.3, 0.4) is 0 Å². The molecule has 2 fully saturated rings. The fourth-order valence-electron chi connectivity index (χ4n) is 5.65. The lowest BCUT2D eigenvalue weighted by atomic mass is 9.77. The molecule has 3 atom stereocenters. The molecule has 2 saturated heterocycles. The Labute approximate surface area is 206 Å². The molecule has 1 aliphatic carbocycles. The van der Waals surface area contributed by atoms with E-state index in [4.69, 9.17) is 4.74 Å². The predicted molar refractivity (Wildman–Crippen MR) is 119 cm³/mol. The standard InChI is InChI=1S/C27H15F4NO5/c28-17-11-5-3-9-15(17)21-19-20(26(37-21)22(33)13-7-1-2-8-14(13)23(26)34)25(36)32(24(19)35)18-12-6-4-10-16(18)27(29,30)31/h1-12,19-21H. The van der Waals surface area contributed by atoms with Crippen molar-refractivity contribution in [2.24, 2.45) is 11.8 Å². The number of fused-ring (bicyclic) bond motifs is 3. The summed E-state index contributed by atoms with van der Waals surface area (Å²) in [5.74, 6) is -8.34. The van der Waals surface area contributed by atoms with Crippen molar-refractivity contribution in [2.45, 2.75) is 17.9 Å². The Hall–Kier alpha value is -4.18. The van der Waals surface area contributed by atoms with Crippen molar-refractivity contribution in [3.63, 3.8) is 0 Å². The third-order valence-corrected chi connectivity index (χ3v) is 7.18. The fraction of sp³-hybridized carbons (Fsp3) is 0.185. The number of hydrogen-bond donors (Lipinski definition) is 0. The molecule has 6 rings (SSSR count). The molecular weight excluding hydrogens is 494 g/mol. The number of carbonyl (C=O) groups excluding carboxylic acids is 4. The number of anilines is 1. The monoisotopic (exact) mass is 509 g/mol. The number of nitrogens with zero attached hydrogens (tertiary/aromatic N) is 1. The molecule has 0 bridgehead atoms. The van der Waals surface area contributed by atoms with Crippen LogP contribution in [0.4, 0.5) is 23.2 Å². The fourth-order valence-corrected chi connectivity index (χ4v) is 5.65. The molecule has 0 N–H and O–H groups in total. The molecule has 6 nitrogen and oxygen atoms in total. The largest absolute Gasteiger partial charge is 0.418 e. The lowest BCUT2D eigenvalue weighted by molar-refractivity contribution is -0.137. The Bertz CT molecular complexity index is 1500. The molecule has 0 saturated carbocycles. The number of carbonyl (C=O) groups is 4. The summed E-state index contributed by atoms with van der Waals surface area (Å²) >= 11 is 0. The first-order valence-electron chi connectivity index (χ1n) is 11.2. The lowest BCUT2D eigenvalue weighted by Crippen LogP contribution is -2.51. The van der Waals surface area contributed by atoms with Gasteiger partial charge < -0.3 is 4.74 Å². The summed E-state index contributed by atoms with van der Waals surface area (Å²) < 4.78 is 62.3. The molecule has 10 heteroatoms. The van der Waals surface area contributed by atoms with Crippen molar-refractivity contribution >= 4 is 29.1 Å². The zero-order valence-electron chi connectivity index (χ0n) is 18.7. The zero-order valence-corrected chi connectivity index (χ0v) is 18.7. The summed E-state index contributed by atoms with van der Waals surface area (Å²) in [4.78, 5) is 55.2. The number of hydrogen-bond acceptors (Lipinski definition) is 5. The van der Waals surface area contributed by atoms with E-state index in [0.29, 0.717) is 11.0 Å². The summed E-state index contributed by atoms with van der Waals surface area (Å²) in [5, 5.41) is 0. The molecule has 37 heavy (non-hydrogen) atoms. The van der Waals surface area contributed by atoms with Crippen molar-refractivity contribution in [1.82, 2.24) is 0 Å². The second-order valence-electron chi connectivity index (χ2n) is 9.03. The predicted octanol–water partition coefficient (Wildman–Crippen LogP) is 4.54. The van der Waals surface area contributed by atoms with Gasteiger partial charge in [0.1, 0.15) is 5.82 Å². The highest BCUT2D eigenvalue weighted by molar-refractivity contribution is 6.37. The van der Waals surface area contributed by atoms with E-state index in [9.17, 15) is 36.7 Å². The van der Waals surface area contributed by atoms with Gasteiger partial charge in [-0.25, -0.2) is 9.29 Å². The van der Waals surface area contributed by atoms with Gasteiger partial charge in [-0.1, -0.05) is 54.6 Å². The van der Waals surface area contributed by atoms with Crippen LogP contribution in [0.5, 0.6) is 0 Å². The Morgan fingerprint density at radius 3 is 1.95 bits per heavy atom. The van der Waals surface area contributed by atoms with Crippen LogP contribution < -0.4 is 4.90 Å². The van der Waals surface area contributed by atoms with E-state index in [0.717, 1.165) is 18.2 Å². The van der Waals surface area contributed by atoms with Crippen molar-refractivity contribution in [2.75, 3.05) is 4.90 Å². The molecular formula is C27H15F4NO5. The molecule has 2 heterocycles. The number of ether oxygens (including phenoxy) is 1. The second-order valence-corrected chi connectivity index (χ2v) is 9.03.